The molecule has 0 aliphatic rings. The first-order valence-electron chi connectivity index (χ1n) is 5.79. The summed E-state index contributed by atoms with van der Waals surface area (Å²) in [6, 6.07) is 8.21. The lowest BCUT2D eigenvalue weighted by molar-refractivity contribution is 0.566. The maximum Gasteiger partial charge on any atom is 0.175 e. The molecule has 0 heterocycles. The molecule has 2 aromatic carbocycles. The monoisotopic (exact) mass is 297 g/mol. The first-order chi connectivity index (χ1) is 9.29. The number of halogens is 2. The minimum absolute atomic E-state index is 0.105. The Kier molecular flexibility index (Phi) is 3.87. The summed E-state index contributed by atoms with van der Waals surface area (Å²) in [5.41, 5.74) is 6.47. The van der Waals surface area contributed by atoms with E-state index in [1.165, 1.54) is 24.3 Å². The highest BCUT2D eigenvalue weighted by molar-refractivity contribution is 7.90. The highest BCUT2D eigenvalue weighted by atomic mass is 32.2. The quantitative estimate of drug-likeness (QED) is 0.946. The molecule has 0 radical (unpaired) electrons. The largest absolute Gasteiger partial charge is 0.320 e. The van der Waals surface area contributed by atoms with Crippen LogP contribution in [-0.4, -0.2) is 14.7 Å². The third-order valence-electron chi connectivity index (χ3n) is 2.94. The highest BCUT2D eigenvalue weighted by Gasteiger charge is 2.16. The van der Waals surface area contributed by atoms with Gasteiger partial charge in [0.15, 0.2) is 9.84 Å². The molecule has 0 unspecified atom stereocenters. The summed E-state index contributed by atoms with van der Waals surface area (Å²) in [4.78, 5) is 0.105. The summed E-state index contributed by atoms with van der Waals surface area (Å²) >= 11 is 0. The van der Waals surface area contributed by atoms with Gasteiger partial charge in [-0.3, -0.25) is 0 Å². The molecule has 6 heteroatoms. The molecule has 2 aromatic rings. The van der Waals surface area contributed by atoms with Gasteiger partial charge in [-0.2, -0.15) is 0 Å². The highest BCUT2D eigenvalue weighted by Crippen LogP contribution is 2.24. The molecular weight excluding hydrogens is 284 g/mol. The van der Waals surface area contributed by atoms with E-state index in [1.54, 1.807) is 6.07 Å². The van der Waals surface area contributed by atoms with E-state index in [2.05, 4.69) is 0 Å². The van der Waals surface area contributed by atoms with Crippen LogP contribution in [0.15, 0.2) is 47.4 Å². The molecule has 2 N–H and O–H groups in total. The van der Waals surface area contributed by atoms with Crippen LogP contribution in [0.2, 0.25) is 0 Å². The number of benzene rings is 2. The van der Waals surface area contributed by atoms with Crippen LogP contribution >= 0.6 is 0 Å². The van der Waals surface area contributed by atoms with Crippen molar-refractivity contribution in [3.63, 3.8) is 0 Å². The predicted molar refractivity (Wildman–Crippen MR) is 71.9 cm³/mol. The zero-order chi connectivity index (χ0) is 14.9. The molecule has 0 aliphatic heterocycles. The lowest BCUT2D eigenvalue weighted by atomic mass is 9.99. The maximum atomic E-state index is 13.7. The average Bonchev–Trinajstić information content (AvgIpc) is 2.37. The van der Waals surface area contributed by atoms with Crippen molar-refractivity contribution in [1.82, 2.24) is 0 Å². The van der Waals surface area contributed by atoms with Gasteiger partial charge in [-0.05, 0) is 23.8 Å². The number of nitrogens with two attached hydrogens (primary N) is 1. The summed E-state index contributed by atoms with van der Waals surface area (Å²) in [7, 11) is -3.37. The summed E-state index contributed by atoms with van der Waals surface area (Å²) in [6.45, 7) is 0. The van der Waals surface area contributed by atoms with Crippen LogP contribution in [-0.2, 0) is 9.84 Å². The third kappa shape index (κ3) is 3.02. The van der Waals surface area contributed by atoms with E-state index in [-0.39, 0.29) is 10.5 Å². The summed E-state index contributed by atoms with van der Waals surface area (Å²) < 4.78 is 49.5. The van der Waals surface area contributed by atoms with E-state index < -0.39 is 27.5 Å². The Bertz CT molecular complexity index is 745. The van der Waals surface area contributed by atoms with Gasteiger partial charge in [-0.1, -0.05) is 18.2 Å². The van der Waals surface area contributed by atoms with Crippen LogP contribution in [0.3, 0.4) is 0 Å². The lowest BCUT2D eigenvalue weighted by Gasteiger charge is -2.14. The fourth-order valence-electron chi connectivity index (χ4n) is 1.87. The van der Waals surface area contributed by atoms with Gasteiger partial charge >= 0.3 is 0 Å². The normalized spacial score (nSPS) is 13.2. The number of sulfone groups is 1. The zero-order valence-electron chi connectivity index (χ0n) is 10.7. The first kappa shape index (κ1) is 14.6. The molecule has 3 nitrogen and oxygen atoms in total. The van der Waals surface area contributed by atoms with Gasteiger partial charge in [0, 0.05) is 17.9 Å². The van der Waals surface area contributed by atoms with Crippen molar-refractivity contribution < 1.29 is 17.2 Å². The summed E-state index contributed by atoms with van der Waals surface area (Å²) in [5, 5.41) is 0. The predicted octanol–water partition coefficient (Wildman–Crippen LogP) is 2.42. The zero-order valence-corrected chi connectivity index (χ0v) is 11.5. The van der Waals surface area contributed by atoms with Gasteiger partial charge in [0.2, 0.25) is 0 Å². The Hall–Kier alpha value is -1.79. The SMILES string of the molecule is CS(=O)(=O)c1cccc([C@@H](N)c2ccc(F)cc2F)c1. The molecular formula is C14H13F2NO2S. The van der Waals surface area contributed by atoms with Gasteiger partial charge in [0.25, 0.3) is 0 Å². The standard InChI is InChI=1S/C14H13F2NO2S/c1-20(18,19)11-4-2-3-9(7-11)14(17)12-6-5-10(15)8-13(12)16/h2-8,14H,17H2,1H3/t14-/m1/s1. The topological polar surface area (TPSA) is 60.2 Å². The van der Waals surface area contributed by atoms with Gasteiger partial charge in [0.1, 0.15) is 11.6 Å². The molecule has 0 bridgehead atoms. The van der Waals surface area contributed by atoms with Crippen molar-refractivity contribution in [2.24, 2.45) is 5.73 Å². The second-order valence-electron chi connectivity index (χ2n) is 4.49. The Morgan fingerprint density at radius 2 is 1.80 bits per heavy atom. The Labute approximate surface area is 116 Å². The van der Waals surface area contributed by atoms with Crippen molar-refractivity contribution in [1.29, 1.82) is 0 Å². The van der Waals surface area contributed by atoms with Crippen LogP contribution in [0.5, 0.6) is 0 Å². The molecule has 0 spiro atoms. The van der Waals surface area contributed by atoms with Gasteiger partial charge in [-0.25, -0.2) is 17.2 Å². The van der Waals surface area contributed by atoms with Crippen LogP contribution in [0.1, 0.15) is 17.2 Å². The smallest absolute Gasteiger partial charge is 0.175 e. The lowest BCUT2D eigenvalue weighted by Crippen LogP contribution is -2.14. The first-order valence-corrected chi connectivity index (χ1v) is 7.69. The molecule has 0 saturated heterocycles. The van der Waals surface area contributed by atoms with Crippen molar-refractivity contribution in [3.05, 3.63) is 65.2 Å². The molecule has 0 aromatic heterocycles. The number of rotatable bonds is 3. The van der Waals surface area contributed by atoms with Crippen molar-refractivity contribution in [3.8, 4) is 0 Å². The minimum atomic E-state index is -3.37. The molecule has 2 rings (SSSR count). The van der Waals surface area contributed by atoms with Gasteiger partial charge < -0.3 is 5.73 Å². The Morgan fingerprint density at radius 3 is 2.40 bits per heavy atom. The third-order valence-corrected chi connectivity index (χ3v) is 4.05. The molecule has 0 fully saturated rings. The second kappa shape index (κ2) is 5.30. The Morgan fingerprint density at radius 1 is 1.10 bits per heavy atom. The molecule has 1 atom stereocenters. The molecule has 106 valence electrons. The van der Waals surface area contributed by atoms with Gasteiger partial charge in [0.05, 0.1) is 10.9 Å². The summed E-state index contributed by atoms with van der Waals surface area (Å²) in [6.07, 6.45) is 1.08. The molecule has 0 amide bonds. The van der Waals surface area contributed by atoms with E-state index in [9.17, 15) is 17.2 Å². The molecule has 20 heavy (non-hydrogen) atoms. The van der Waals surface area contributed by atoms with Crippen molar-refractivity contribution in [2.75, 3.05) is 6.26 Å². The van der Waals surface area contributed by atoms with E-state index in [1.807, 2.05) is 0 Å². The second-order valence-corrected chi connectivity index (χ2v) is 6.50. The number of hydrogen-bond acceptors (Lipinski definition) is 3. The molecule has 0 saturated carbocycles. The van der Waals surface area contributed by atoms with E-state index in [0.717, 1.165) is 18.4 Å². The fraction of sp³-hybridized carbons (Fsp3) is 0.143. The maximum absolute atomic E-state index is 13.7. The van der Waals surface area contributed by atoms with Crippen LogP contribution < -0.4 is 5.73 Å². The van der Waals surface area contributed by atoms with Gasteiger partial charge in [-0.15, -0.1) is 0 Å². The average molecular weight is 297 g/mol. The van der Waals surface area contributed by atoms with Crippen molar-refractivity contribution >= 4 is 9.84 Å². The van der Waals surface area contributed by atoms with E-state index in [4.69, 9.17) is 5.73 Å². The number of hydrogen-bond donors (Lipinski definition) is 1. The Balaban J connectivity index is 2.46. The summed E-state index contributed by atoms with van der Waals surface area (Å²) in [5.74, 6) is -1.45. The van der Waals surface area contributed by atoms with Crippen LogP contribution in [0.25, 0.3) is 0 Å². The van der Waals surface area contributed by atoms with Crippen LogP contribution in [0.4, 0.5) is 8.78 Å². The van der Waals surface area contributed by atoms with Crippen molar-refractivity contribution in [2.45, 2.75) is 10.9 Å². The minimum Gasteiger partial charge on any atom is -0.320 e. The van der Waals surface area contributed by atoms with E-state index >= 15 is 0 Å². The fourth-order valence-corrected chi connectivity index (χ4v) is 2.55. The van der Waals surface area contributed by atoms with E-state index in [0.29, 0.717) is 5.56 Å². The van der Waals surface area contributed by atoms with Crippen LogP contribution in [0, 0.1) is 11.6 Å². The molecule has 0 aliphatic carbocycles.